The maximum absolute atomic E-state index is 11.9. The minimum Gasteiger partial charge on any atom is -0.512 e. The van der Waals surface area contributed by atoms with E-state index in [4.69, 9.17) is 9.47 Å². The predicted molar refractivity (Wildman–Crippen MR) is 581 cm³/mol. The van der Waals surface area contributed by atoms with E-state index in [1.165, 1.54) is 33.9 Å². The summed E-state index contributed by atoms with van der Waals surface area (Å²) < 4.78 is 19.2. The third kappa shape index (κ3) is 48.6. The van der Waals surface area contributed by atoms with E-state index in [1.807, 2.05) is 352 Å². The Bertz CT molecular complexity index is 6200. The number of thiophene rings is 1. The molecule has 17 rings (SSSR count). The van der Waals surface area contributed by atoms with Crippen LogP contribution in [0.5, 0.6) is 0 Å². The number of carbonyl (C=O) groups is 4. The van der Waals surface area contributed by atoms with E-state index in [1.54, 1.807) is 23.7 Å². The molecule has 12 aromatic carbocycles. The fraction of sp³-hybridized carbons (Fsp3) is 0.0783. The van der Waals surface area contributed by atoms with Gasteiger partial charge in [0.05, 0.1) is 0 Å². The summed E-state index contributed by atoms with van der Waals surface area (Å²) in [6.07, 6.45) is 14.9. The molecule has 0 saturated heterocycles. The van der Waals surface area contributed by atoms with Crippen LogP contribution in [0.15, 0.2) is 472 Å². The second-order valence-corrected chi connectivity index (χ2v) is 38.3. The number of rotatable bonds is 26. The number of nitrogens with zero attached hydrogens (tertiary/aromatic N) is 4. The van der Waals surface area contributed by atoms with E-state index >= 15 is 0 Å². The largest absolute Gasteiger partial charge is 0.512 e. The number of carbonyl (C=O) groups excluding carboxylic acids is 4. The molecular weight excluding hydrogens is 3040 g/mol. The third-order valence-electron chi connectivity index (χ3n) is 19.0. The molecule has 732 valence electrons. The normalized spacial score (nSPS) is 10.5. The Hall–Kier alpha value is -9.92. The average Bonchev–Trinajstić information content (AvgIpc) is 1.67. The molecule has 0 saturated carbocycles. The van der Waals surface area contributed by atoms with E-state index in [2.05, 4.69) is 196 Å². The number of hydrogen-bond acceptors (Lipinski definition) is 15. The zero-order valence-corrected chi connectivity index (χ0v) is 98.5. The number of aromatic nitrogens is 4. The molecule has 14 nitrogen and oxygen atoms in total. The molecule has 0 amide bonds. The molecule has 0 aliphatic carbocycles. The SMILES string of the molecule is O=C(C=C(O)Cc1ccc(Br)cc1)Cc1ccc(Br)cc1.O=C(C=C(O)Cc1ccc(Br)cc1)Cc1ccc(Br)cc1.O=C(C=C(O)Cc1ccc(Br)cc1)Cc1ccc(Br)cc1.O=C(C=C(O)OCc1ccc(Br)cc1)OCc1ccc(Br)cc1.[Ir].[Ir].[Ir].[Ir].[c-]1c(-c2ccccn2)sc2ccccc12.[c-]1ccccc1-c1ccccn1.[c-]1ccccc1-c1ccccn1.[c-]1ccccc1Cc1ccccn1. The van der Waals surface area contributed by atoms with Gasteiger partial charge in [0.25, 0.3) is 5.95 Å². The van der Waals surface area contributed by atoms with E-state index in [0.717, 1.165) is 132 Å². The number of ketones is 3. The van der Waals surface area contributed by atoms with Crippen molar-refractivity contribution in [2.75, 3.05) is 0 Å². The van der Waals surface area contributed by atoms with Gasteiger partial charge in [0.2, 0.25) is 0 Å². The summed E-state index contributed by atoms with van der Waals surface area (Å²) in [5.74, 6) is -1.21. The number of aliphatic hydroxyl groups is 4. The Labute approximate surface area is 953 Å². The first-order valence-corrected chi connectivity index (χ1v) is 50.0. The van der Waals surface area contributed by atoms with Crippen LogP contribution >= 0.6 is 139 Å². The van der Waals surface area contributed by atoms with Gasteiger partial charge in [-0.25, -0.2) is 16.1 Å². The molecule has 5 heterocycles. The van der Waals surface area contributed by atoms with Crippen molar-refractivity contribution < 1.29 is 129 Å². The minimum atomic E-state index is -0.666. The molecule has 0 spiro atoms. The minimum absolute atomic E-state index is 0. The molecule has 0 fully saturated rings. The Morgan fingerprint density at radius 1 is 0.296 bits per heavy atom. The van der Waals surface area contributed by atoms with Crippen LogP contribution in [0.1, 0.15) is 55.8 Å². The van der Waals surface area contributed by atoms with Crippen molar-refractivity contribution in [1.82, 2.24) is 19.9 Å². The molecule has 4 radical (unpaired) electrons. The fourth-order valence-electron chi connectivity index (χ4n) is 12.3. The second kappa shape index (κ2) is 68.4. The quantitative estimate of drug-likeness (QED) is 0.0172. The number of fused-ring (bicyclic) bond motifs is 1. The van der Waals surface area contributed by atoms with Gasteiger partial charge < -0.3 is 44.9 Å². The molecule has 142 heavy (non-hydrogen) atoms. The van der Waals surface area contributed by atoms with Crippen molar-refractivity contribution >= 4 is 172 Å². The first kappa shape index (κ1) is 121. The number of allylic oxidation sites excluding steroid dienone is 6. The van der Waals surface area contributed by atoms with Gasteiger partial charge in [0.1, 0.15) is 36.6 Å². The first-order chi connectivity index (χ1) is 66.9. The summed E-state index contributed by atoms with van der Waals surface area (Å²) in [6, 6.07) is 129. The van der Waals surface area contributed by atoms with Crippen molar-refractivity contribution in [1.29, 1.82) is 0 Å². The number of aliphatic hydroxyl groups excluding tert-OH is 4. The van der Waals surface area contributed by atoms with Crippen LogP contribution in [0.3, 0.4) is 0 Å². The van der Waals surface area contributed by atoms with E-state index < -0.39 is 11.9 Å². The van der Waals surface area contributed by atoms with E-state index in [0.29, 0.717) is 19.3 Å². The number of halogens is 8. The molecular formula is C115H90Br8Ir4N4O10S-4. The maximum atomic E-state index is 11.9. The molecule has 0 aliphatic rings. The number of pyridine rings is 4. The van der Waals surface area contributed by atoms with E-state index in [-0.39, 0.29) is 148 Å². The van der Waals surface area contributed by atoms with Crippen LogP contribution < -0.4 is 0 Å². The fourth-order valence-corrected chi connectivity index (χ4v) is 15.4. The summed E-state index contributed by atoms with van der Waals surface area (Å²) >= 11 is 28.5. The standard InChI is InChI=1S/C17H14Br2O4.3C17H14Br2O2.C13H8NS.C12H10N.2C11H8N.4Ir/c18-14-5-1-12(2-6-14)10-22-16(20)9-17(21)23-11-13-3-7-15(19)8-4-13;3*18-14-5-1-12(2-6-14)9-16(20)11-17(21)10-13-3-7-15(19)8-4-13;1-2-7-12-10(5-1)9-13(15-12)11-6-3-4-8-14-11;1-2-6-11(7-3-1)10-12-8-4-5-9-13-12;2*1-2-6-10(7-3-1)11-8-4-5-9-12-11;;;;/h1-9,20H,10-11H2;3*1-8,11,20H,9-10H2;1-8H;1-6,8-9H,10H2;2*1-6,8-9H;;;;/q;;;;4*-1;;;;. The Morgan fingerprint density at radius 3 is 0.901 bits per heavy atom. The number of ether oxygens (including phenoxy) is 2. The van der Waals surface area contributed by atoms with Gasteiger partial charge >= 0.3 is 5.97 Å². The topological polar surface area (TPSA) is 219 Å². The second-order valence-electron chi connectivity index (χ2n) is 29.9. The smallest absolute Gasteiger partial charge is 0.338 e. The molecule has 27 heteroatoms. The first-order valence-electron chi connectivity index (χ1n) is 42.8. The zero-order chi connectivity index (χ0) is 97.9. The summed E-state index contributed by atoms with van der Waals surface area (Å²) in [6.45, 7) is 0.290. The average molecular weight is 3130 g/mol. The third-order valence-corrected chi connectivity index (χ3v) is 24.3. The zero-order valence-electron chi connectivity index (χ0n) is 75.4. The van der Waals surface area contributed by atoms with Crippen LogP contribution in [0.25, 0.3) is 43.2 Å². The summed E-state index contributed by atoms with van der Waals surface area (Å²) in [5, 5.41) is 40.4. The van der Waals surface area contributed by atoms with Gasteiger partial charge in [-0.2, -0.15) is 35.9 Å². The van der Waals surface area contributed by atoms with Gasteiger partial charge in [-0.3, -0.25) is 19.4 Å². The summed E-state index contributed by atoms with van der Waals surface area (Å²) in [5.41, 5.74) is 14.7. The monoisotopic (exact) mass is 3120 g/mol. The van der Waals surface area contributed by atoms with Crippen LogP contribution in [0.4, 0.5) is 0 Å². The van der Waals surface area contributed by atoms with Crippen molar-refractivity contribution in [2.24, 2.45) is 0 Å². The van der Waals surface area contributed by atoms with Crippen LogP contribution in [0, 0.1) is 24.3 Å². The maximum Gasteiger partial charge on any atom is 0.338 e. The van der Waals surface area contributed by atoms with Crippen molar-refractivity contribution in [2.45, 2.75) is 58.2 Å². The van der Waals surface area contributed by atoms with Crippen molar-refractivity contribution in [3.05, 3.63) is 552 Å². The molecule has 0 atom stereocenters. The molecule has 0 aliphatic heterocycles. The van der Waals surface area contributed by atoms with Gasteiger partial charge in [-0.15, -0.1) is 95.4 Å². The molecule has 0 bridgehead atoms. The Kier molecular flexibility index (Phi) is 58.2. The number of hydrogen-bond donors (Lipinski definition) is 4. The summed E-state index contributed by atoms with van der Waals surface area (Å²) in [4.78, 5) is 65.4. The van der Waals surface area contributed by atoms with Crippen molar-refractivity contribution in [3.63, 3.8) is 0 Å². The van der Waals surface area contributed by atoms with Crippen LogP contribution in [-0.4, -0.2) is 63.7 Å². The van der Waals surface area contributed by atoms with Gasteiger partial charge in [-0.05, 0) is 199 Å². The summed E-state index contributed by atoms with van der Waals surface area (Å²) in [7, 11) is 0. The molecule has 5 aromatic heterocycles. The van der Waals surface area contributed by atoms with Crippen LogP contribution in [0.2, 0.25) is 0 Å². The van der Waals surface area contributed by atoms with Gasteiger partial charge in [0.15, 0.2) is 17.3 Å². The Balaban J connectivity index is 0.000000250. The van der Waals surface area contributed by atoms with Gasteiger partial charge in [0, 0.05) is 209 Å². The van der Waals surface area contributed by atoms with Crippen molar-refractivity contribution in [3.8, 4) is 33.1 Å². The van der Waals surface area contributed by atoms with Gasteiger partial charge in [-0.1, -0.05) is 279 Å². The molecule has 4 N–H and O–H groups in total. The molecule has 0 unspecified atom stereocenters. The number of benzene rings is 12. The van der Waals surface area contributed by atoms with Crippen LogP contribution in [-0.2, 0) is 167 Å². The Morgan fingerprint density at radius 2 is 0.592 bits per heavy atom. The predicted octanol–water partition coefficient (Wildman–Crippen LogP) is 31.2. The van der Waals surface area contributed by atoms with E-state index in [9.17, 15) is 39.6 Å². The number of esters is 1. The molecule has 17 aromatic rings.